The molecular formula is C16H15N5O. The molecule has 5 N–H and O–H groups in total. The van der Waals surface area contributed by atoms with E-state index in [2.05, 4.69) is 15.0 Å². The second-order valence-electron chi connectivity index (χ2n) is 4.91. The zero-order valence-corrected chi connectivity index (χ0v) is 12.0. The molecule has 2 aromatic heterocycles. The first-order valence-corrected chi connectivity index (χ1v) is 6.74. The first kappa shape index (κ1) is 13.8. The van der Waals surface area contributed by atoms with E-state index in [9.17, 15) is 4.79 Å². The molecule has 6 heteroatoms. The SMILES string of the molecule is Cc1c(-c2ccnc(N)n2)[nH]c(-c2ccccc2)c1C(N)=O. The van der Waals surface area contributed by atoms with E-state index in [1.807, 2.05) is 37.3 Å². The van der Waals surface area contributed by atoms with Crippen molar-refractivity contribution in [2.24, 2.45) is 5.73 Å². The minimum absolute atomic E-state index is 0.174. The van der Waals surface area contributed by atoms with Crippen molar-refractivity contribution >= 4 is 11.9 Å². The maximum absolute atomic E-state index is 11.9. The summed E-state index contributed by atoms with van der Waals surface area (Å²) in [6.07, 6.45) is 1.57. The number of aromatic nitrogens is 3. The number of anilines is 1. The van der Waals surface area contributed by atoms with Crippen molar-refractivity contribution in [2.75, 3.05) is 5.73 Å². The number of nitrogens with two attached hydrogens (primary N) is 2. The number of amides is 1. The topological polar surface area (TPSA) is 111 Å². The van der Waals surface area contributed by atoms with Crippen molar-refractivity contribution in [1.29, 1.82) is 0 Å². The van der Waals surface area contributed by atoms with Crippen LogP contribution in [0.15, 0.2) is 42.6 Å². The highest BCUT2D eigenvalue weighted by Gasteiger charge is 2.21. The molecule has 3 aromatic rings. The lowest BCUT2D eigenvalue weighted by Crippen LogP contribution is -2.12. The molecule has 0 atom stereocenters. The van der Waals surface area contributed by atoms with Crippen molar-refractivity contribution in [3.05, 3.63) is 53.7 Å². The highest BCUT2D eigenvalue weighted by atomic mass is 16.1. The first-order valence-electron chi connectivity index (χ1n) is 6.74. The van der Waals surface area contributed by atoms with Crippen molar-refractivity contribution in [3.8, 4) is 22.6 Å². The molecule has 22 heavy (non-hydrogen) atoms. The maximum Gasteiger partial charge on any atom is 0.251 e. The second-order valence-corrected chi connectivity index (χ2v) is 4.91. The molecule has 3 rings (SSSR count). The summed E-state index contributed by atoms with van der Waals surface area (Å²) < 4.78 is 0. The van der Waals surface area contributed by atoms with E-state index in [1.165, 1.54) is 0 Å². The predicted molar refractivity (Wildman–Crippen MR) is 84.9 cm³/mol. The summed E-state index contributed by atoms with van der Waals surface area (Å²) in [6, 6.07) is 11.3. The number of hydrogen-bond acceptors (Lipinski definition) is 4. The lowest BCUT2D eigenvalue weighted by Gasteiger charge is -2.01. The fourth-order valence-electron chi connectivity index (χ4n) is 2.49. The van der Waals surface area contributed by atoms with Crippen molar-refractivity contribution in [1.82, 2.24) is 15.0 Å². The van der Waals surface area contributed by atoms with Crippen LogP contribution in [0.4, 0.5) is 5.95 Å². The molecule has 0 aliphatic heterocycles. The number of H-pyrrole nitrogens is 1. The number of nitrogen functional groups attached to an aromatic ring is 1. The van der Waals surface area contributed by atoms with E-state index in [0.717, 1.165) is 11.1 Å². The molecule has 0 aliphatic rings. The molecular weight excluding hydrogens is 278 g/mol. The number of carbonyl (C=O) groups is 1. The van der Waals surface area contributed by atoms with Crippen molar-refractivity contribution in [2.45, 2.75) is 6.92 Å². The van der Waals surface area contributed by atoms with Gasteiger partial charge in [-0.25, -0.2) is 9.97 Å². The van der Waals surface area contributed by atoms with Gasteiger partial charge in [-0.05, 0) is 24.1 Å². The van der Waals surface area contributed by atoms with E-state index in [0.29, 0.717) is 22.6 Å². The maximum atomic E-state index is 11.9. The van der Waals surface area contributed by atoms with Crippen LogP contribution in [0.3, 0.4) is 0 Å². The smallest absolute Gasteiger partial charge is 0.251 e. The Morgan fingerprint density at radius 3 is 2.50 bits per heavy atom. The summed E-state index contributed by atoms with van der Waals surface area (Å²) in [6.45, 7) is 1.83. The summed E-state index contributed by atoms with van der Waals surface area (Å²) in [7, 11) is 0. The third kappa shape index (κ3) is 2.31. The van der Waals surface area contributed by atoms with Gasteiger partial charge in [0.1, 0.15) is 0 Å². The highest BCUT2D eigenvalue weighted by molar-refractivity contribution is 6.02. The summed E-state index contributed by atoms with van der Waals surface area (Å²) in [5.74, 6) is -0.311. The third-order valence-electron chi connectivity index (χ3n) is 3.49. The molecule has 0 saturated heterocycles. The Hall–Kier alpha value is -3.15. The van der Waals surface area contributed by atoms with Crippen molar-refractivity contribution < 1.29 is 4.79 Å². The molecule has 2 heterocycles. The summed E-state index contributed by atoms with van der Waals surface area (Å²) in [5.41, 5.74) is 15.3. The zero-order chi connectivity index (χ0) is 15.7. The highest BCUT2D eigenvalue weighted by Crippen LogP contribution is 2.32. The number of rotatable bonds is 3. The molecule has 110 valence electrons. The fraction of sp³-hybridized carbons (Fsp3) is 0.0625. The average Bonchev–Trinajstić information content (AvgIpc) is 2.86. The Bertz CT molecular complexity index is 839. The quantitative estimate of drug-likeness (QED) is 0.686. The van der Waals surface area contributed by atoms with Crippen LogP contribution in [0.25, 0.3) is 22.6 Å². The number of benzene rings is 1. The van der Waals surface area contributed by atoms with Gasteiger partial charge in [0.15, 0.2) is 0 Å². The first-order chi connectivity index (χ1) is 10.6. The van der Waals surface area contributed by atoms with Gasteiger partial charge >= 0.3 is 0 Å². The van der Waals surface area contributed by atoms with Crippen LogP contribution in [0, 0.1) is 6.92 Å². The number of nitrogens with one attached hydrogen (secondary N) is 1. The van der Waals surface area contributed by atoms with Crippen LogP contribution in [0.5, 0.6) is 0 Å². The molecule has 0 saturated carbocycles. The molecule has 0 aliphatic carbocycles. The Labute approximate surface area is 127 Å². The fourth-order valence-corrected chi connectivity index (χ4v) is 2.49. The summed E-state index contributed by atoms with van der Waals surface area (Å²) >= 11 is 0. The Morgan fingerprint density at radius 1 is 1.14 bits per heavy atom. The van der Waals surface area contributed by atoms with E-state index < -0.39 is 5.91 Å². The Morgan fingerprint density at radius 2 is 1.86 bits per heavy atom. The van der Waals surface area contributed by atoms with E-state index >= 15 is 0 Å². The van der Waals surface area contributed by atoms with Crippen LogP contribution >= 0.6 is 0 Å². The van der Waals surface area contributed by atoms with Gasteiger partial charge in [0.25, 0.3) is 5.91 Å². The lowest BCUT2D eigenvalue weighted by molar-refractivity contribution is 0.100. The molecule has 0 unspecified atom stereocenters. The molecule has 1 amide bonds. The molecule has 0 fully saturated rings. The Balaban J connectivity index is 2.24. The van der Waals surface area contributed by atoms with Crippen LogP contribution in [0.1, 0.15) is 15.9 Å². The Kier molecular flexibility index (Phi) is 3.34. The van der Waals surface area contributed by atoms with Gasteiger partial charge in [-0.2, -0.15) is 0 Å². The molecule has 0 radical (unpaired) electrons. The predicted octanol–water partition coefficient (Wildman–Crippen LogP) is 2.13. The van der Waals surface area contributed by atoms with Gasteiger partial charge in [0, 0.05) is 6.20 Å². The second kappa shape index (κ2) is 5.33. The van der Waals surface area contributed by atoms with E-state index in [-0.39, 0.29) is 5.95 Å². The molecule has 6 nitrogen and oxygen atoms in total. The van der Waals surface area contributed by atoms with Gasteiger partial charge in [0.2, 0.25) is 5.95 Å². The third-order valence-corrected chi connectivity index (χ3v) is 3.49. The van der Waals surface area contributed by atoms with Gasteiger partial charge in [0.05, 0.1) is 22.6 Å². The minimum atomic E-state index is -0.485. The van der Waals surface area contributed by atoms with Crippen LogP contribution in [-0.4, -0.2) is 20.9 Å². The number of hydrogen-bond donors (Lipinski definition) is 3. The van der Waals surface area contributed by atoms with Crippen LogP contribution in [0.2, 0.25) is 0 Å². The van der Waals surface area contributed by atoms with Gasteiger partial charge < -0.3 is 16.5 Å². The summed E-state index contributed by atoms with van der Waals surface area (Å²) in [4.78, 5) is 23.2. The van der Waals surface area contributed by atoms with Crippen LogP contribution < -0.4 is 11.5 Å². The molecule has 1 aromatic carbocycles. The van der Waals surface area contributed by atoms with Gasteiger partial charge in [-0.15, -0.1) is 0 Å². The van der Waals surface area contributed by atoms with E-state index in [4.69, 9.17) is 11.5 Å². The summed E-state index contributed by atoms with van der Waals surface area (Å²) in [5, 5.41) is 0. The van der Waals surface area contributed by atoms with Crippen molar-refractivity contribution in [3.63, 3.8) is 0 Å². The van der Waals surface area contributed by atoms with Crippen LogP contribution in [-0.2, 0) is 0 Å². The number of carbonyl (C=O) groups excluding carboxylic acids is 1. The standard InChI is InChI=1S/C16H15N5O/c1-9-12(15(17)22)14(10-5-3-2-4-6-10)21-13(9)11-7-8-19-16(18)20-11/h2-8,21H,1H3,(H2,17,22)(H2,18,19,20). The van der Waals surface area contributed by atoms with Gasteiger partial charge in [-0.1, -0.05) is 30.3 Å². The largest absolute Gasteiger partial charge is 0.368 e. The number of nitrogens with zero attached hydrogens (tertiary/aromatic N) is 2. The number of aromatic amines is 1. The normalized spacial score (nSPS) is 10.6. The monoisotopic (exact) mass is 293 g/mol. The van der Waals surface area contributed by atoms with Gasteiger partial charge in [-0.3, -0.25) is 4.79 Å². The number of primary amides is 1. The minimum Gasteiger partial charge on any atom is -0.368 e. The van der Waals surface area contributed by atoms with E-state index in [1.54, 1.807) is 12.3 Å². The zero-order valence-electron chi connectivity index (χ0n) is 12.0. The molecule has 0 bridgehead atoms. The lowest BCUT2D eigenvalue weighted by atomic mass is 10.0. The molecule has 0 spiro atoms. The average molecular weight is 293 g/mol.